The summed E-state index contributed by atoms with van der Waals surface area (Å²) in [6.45, 7) is 3.50. The zero-order valence-electron chi connectivity index (χ0n) is 10.7. The minimum Gasteiger partial charge on any atom is -0.473 e. The van der Waals surface area contributed by atoms with Gasteiger partial charge in [0.25, 0.3) is 5.91 Å². The summed E-state index contributed by atoms with van der Waals surface area (Å²) in [5.74, 6) is -0.461. The summed E-state index contributed by atoms with van der Waals surface area (Å²) in [6.07, 6.45) is -3.40. The average molecular weight is 287 g/mol. The van der Waals surface area contributed by atoms with Gasteiger partial charge in [0.05, 0.1) is 6.10 Å². The number of nitrogens with one attached hydrogen (secondary N) is 2. The fourth-order valence-electron chi connectivity index (χ4n) is 1.58. The predicted octanol–water partition coefficient (Wildman–Crippen LogP) is 2.29. The molecule has 2 heterocycles. The third kappa shape index (κ3) is 3.01. The van der Waals surface area contributed by atoms with Gasteiger partial charge in [0, 0.05) is 5.69 Å². The van der Waals surface area contributed by atoms with E-state index in [2.05, 4.69) is 15.5 Å². The van der Waals surface area contributed by atoms with Crippen molar-refractivity contribution in [3.05, 3.63) is 29.1 Å². The Morgan fingerprint density at radius 2 is 2.05 bits per heavy atom. The lowest BCUT2D eigenvalue weighted by atomic mass is 10.2. The van der Waals surface area contributed by atoms with Gasteiger partial charge < -0.3 is 9.72 Å². The number of alkyl halides is 3. The minimum atomic E-state index is -4.46. The van der Waals surface area contributed by atoms with Gasteiger partial charge in [-0.15, -0.1) is 5.10 Å². The molecule has 108 valence electrons. The lowest BCUT2D eigenvalue weighted by Crippen LogP contribution is -2.16. The number of H-pyrrole nitrogens is 1. The van der Waals surface area contributed by atoms with Crippen molar-refractivity contribution in [2.75, 3.05) is 0 Å². The van der Waals surface area contributed by atoms with Crippen LogP contribution in [0.1, 0.15) is 25.2 Å². The number of carbonyl (C=O) groups excluding carboxylic acids is 1. The quantitative estimate of drug-likeness (QED) is 0.819. The predicted molar refractivity (Wildman–Crippen MR) is 65.6 cm³/mol. The topological polar surface area (TPSA) is 66.5 Å². The van der Waals surface area contributed by atoms with Crippen molar-refractivity contribution in [2.24, 2.45) is 5.10 Å². The second-order valence-corrected chi connectivity index (χ2v) is 4.41. The molecule has 0 atom stereocenters. The summed E-state index contributed by atoms with van der Waals surface area (Å²) in [7, 11) is 0. The Kier molecular flexibility index (Phi) is 3.56. The second-order valence-electron chi connectivity index (χ2n) is 4.41. The molecule has 1 aromatic rings. The van der Waals surface area contributed by atoms with Gasteiger partial charge in [-0.3, -0.25) is 4.79 Å². The first-order valence-electron chi connectivity index (χ1n) is 5.80. The number of carbonyl (C=O) groups is 1. The summed E-state index contributed by atoms with van der Waals surface area (Å²) in [6, 6.07) is 2.13. The standard InChI is InChI=1S/C12H12F3N3O2/c1-6(2)20-11-8(10(19)17-18-11)5-7-3-4-9(16-7)12(13,14)15/h3-6,16H,1-2H3,(H,17,19)/b8-5+. The molecule has 0 saturated carbocycles. The first-order chi connectivity index (χ1) is 9.27. The third-order valence-electron chi connectivity index (χ3n) is 2.40. The molecular weight excluding hydrogens is 275 g/mol. The van der Waals surface area contributed by atoms with Crippen molar-refractivity contribution in [1.82, 2.24) is 10.4 Å². The molecule has 0 radical (unpaired) electrons. The van der Waals surface area contributed by atoms with E-state index in [4.69, 9.17) is 4.74 Å². The molecule has 8 heteroatoms. The summed E-state index contributed by atoms with van der Waals surface area (Å²) < 4.78 is 42.7. The number of aromatic amines is 1. The number of hydrazone groups is 1. The molecule has 1 aliphatic rings. The van der Waals surface area contributed by atoms with E-state index in [0.717, 1.165) is 6.07 Å². The molecule has 0 saturated heterocycles. The van der Waals surface area contributed by atoms with Crippen LogP contribution in [-0.4, -0.2) is 22.9 Å². The minimum absolute atomic E-state index is 0.0631. The van der Waals surface area contributed by atoms with Crippen LogP contribution in [0.2, 0.25) is 0 Å². The van der Waals surface area contributed by atoms with E-state index in [-0.39, 0.29) is 23.3 Å². The van der Waals surface area contributed by atoms with Crippen LogP contribution < -0.4 is 5.43 Å². The molecule has 0 unspecified atom stereocenters. The van der Waals surface area contributed by atoms with E-state index in [1.165, 1.54) is 12.1 Å². The Morgan fingerprint density at radius 1 is 1.35 bits per heavy atom. The van der Waals surface area contributed by atoms with Crippen LogP contribution in [0.25, 0.3) is 6.08 Å². The maximum absolute atomic E-state index is 12.5. The monoisotopic (exact) mass is 287 g/mol. The summed E-state index contributed by atoms with van der Waals surface area (Å²) in [5, 5.41) is 3.68. The average Bonchev–Trinajstić information content (AvgIpc) is 2.90. The van der Waals surface area contributed by atoms with Crippen LogP contribution in [0.4, 0.5) is 13.2 Å². The number of aromatic nitrogens is 1. The zero-order valence-corrected chi connectivity index (χ0v) is 10.7. The number of nitrogens with zero attached hydrogens (tertiary/aromatic N) is 1. The summed E-state index contributed by atoms with van der Waals surface area (Å²) in [5.41, 5.74) is 1.54. The van der Waals surface area contributed by atoms with Gasteiger partial charge in [-0.25, -0.2) is 5.43 Å². The molecule has 1 aliphatic heterocycles. The number of hydrogen-bond donors (Lipinski definition) is 2. The molecule has 0 spiro atoms. The molecule has 0 bridgehead atoms. The Morgan fingerprint density at radius 3 is 2.60 bits per heavy atom. The molecule has 2 N–H and O–H groups in total. The van der Waals surface area contributed by atoms with E-state index >= 15 is 0 Å². The summed E-state index contributed by atoms with van der Waals surface area (Å²) >= 11 is 0. The number of ether oxygens (including phenoxy) is 1. The molecule has 20 heavy (non-hydrogen) atoms. The Labute approximate surface area is 112 Å². The Balaban J connectivity index is 2.27. The smallest absolute Gasteiger partial charge is 0.431 e. The van der Waals surface area contributed by atoms with Crippen LogP contribution in [0, 0.1) is 0 Å². The lowest BCUT2D eigenvalue weighted by molar-refractivity contribution is -0.140. The van der Waals surface area contributed by atoms with Crippen molar-refractivity contribution < 1.29 is 22.7 Å². The zero-order chi connectivity index (χ0) is 14.9. The number of halogens is 3. The second kappa shape index (κ2) is 5.03. The highest BCUT2D eigenvalue weighted by molar-refractivity contribution is 6.24. The van der Waals surface area contributed by atoms with Crippen molar-refractivity contribution >= 4 is 17.9 Å². The number of rotatable bonds is 2. The van der Waals surface area contributed by atoms with Gasteiger partial charge in [0.2, 0.25) is 5.90 Å². The van der Waals surface area contributed by atoms with Crippen LogP contribution in [0.5, 0.6) is 0 Å². The largest absolute Gasteiger partial charge is 0.473 e. The molecule has 5 nitrogen and oxygen atoms in total. The molecule has 1 aromatic heterocycles. The van der Waals surface area contributed by atoms with Gasteiger partial charge in [-0.2, -0.15) is 13.2 Å². The van der Waals surface area contributed by atoms with Crippen LogP contribution >= 0.6 is 0 Å². The van der Waals surface area contributed by atoms with Crippen molar-refractivity contribution in [2.45, 2.75) is 26.1 Å². The highest BCUT2D eigenvalue weighted by Gasteiger charge is 2.32. The van der Waals surface area contributed by atoms with E-state index in [1.54, 1.807) is 13.8 Å². The normalized spacial score (nSPS) is 17.6. The van der Waals surface area contributed by atoms with Crippen LogP contribution in [-0.2, 0) is 15.7 Å². The van der Waals surface area contributed by atoms with E-state index in [0.29, 0.717) is 0 Å². The van der Waals surface area contributed by atoms with Gasteiger partial charge in [-0.1, -0.05) is 0 Å². The highest BCUT2D eigenvalue weighted by Crippen LogP contribution is 2.28. The molecular formula is C12H12F3N3O2. The lowest BCUT2D eigenvalue weighted by Gasteiger charge is -2.08. The van der Waals surface area contributed by atoms with Crippen LogP contribution in [0.3, 0.4) is 0 Å². The molecule has 0 aromatic carbocycles. The first-order valence-corrected chi connectivity index (χ1v) is 5.80. The summed E-state index contributed by atoms with van der Waals surface area (Å²) in [4.78, 5) is 13.7. The maximum Gasteiger partial charge on any atom is 0.431 e. The van der Waals surface area contributed by atoms with Crippen molar-refractivity contribution in [3.8, 4) is 0 Å². The molecule has 1 amide bonds. The Bertz CT molecular complexity index is 585. The fraction of sp³-hybridized carbons (Fsp3) is 0.333. The van der Waals surface area contributed by atoms with Crippen molar-refractivity contribution in [1.29, 1.82) is 0 Å². The van der Waals surface area contributed by atoms with E-state index in [9.17, 15) is 18.0 Å². The first kappa shape index (κ1) is 14.2. The highest BCUT2D eigenvalue weighted by atomic mass is 19.4. The van der Waals surface area contributed by atoms with Crippen molar-refractivity contribution in [3.63, 3.8) is 0 Å². The van der Waals surface area contributed by atoms with Gasteiger partial charge in [0.1, 0.15) is 11.3 Å². The van der Waals surface area contributed by atoms with E-state index in [1.807, 2.05) is 0 Å². The SMILES string of the molecule is CC(C)OC1=NNC(=O)/C1=C\c1ccc(C(F)(F)F)[nH]1. The maximum atomic E-state index is 12.5. The van der Waals surface area contributed by atoms with Gasteiger partial charge in [-0.05, 0) is 32.1 Å². The van der Waals surface area contributed by atoms with Crippen LogP contribution in [0.15, 0.2) is 22.8 Å². The third-order valence-corrected chi connectivity index (χ3v) is 2.40. The molecule has 0 fully saturated rings. The fourth-order valence-corrected chi connectivity index (χ4v) is 1.58. The number of hydrogen-bond acceptors (Lipinski definition) is 3. The van der Waals surface area contributed by atoms with Gasteiger partial charge in [0.15, 0.2) is 0 Å². The van der Waals surface area contributed by atoms with E-state index < -0.39 is 17.8 Å². The number of amides is 1. The molecule has 0 aliphatic carbocycles. The Hall–Kier alpha value is -2.25. The molecule has 2 rings (SSSR count). The van der Waals surface area contributed by atoms with Gasteiger partial charge >= 0.3 is 6.18 Å².